The van der Waals surface area contributed by atoms with Crippen molar-refractivity contribution in [3.05, 3.63) is 7.67 Å². The molecule has 0 amide bonds. The van der Waals surface area contributed by atoms with E-state index in [1.54, 1.807) is 13.3 Å². The summed E-state index contributed by atoms with van der Waals surface area (Å²) in [5.74, 6) is 0. The van der Waals surface area contributed by atoms with Crippen molar-refractivity contribution in [2.24, 2.45) is 5.41 Å². The summed E-state index contributed by atoms with van der Waals surface area (Å²) in [4.78, 5) is 0. The molecule has 0 aliphatic heterocycles. The topological polar surface area (TPSA) is 0 Å². The third kappa shape index (κ3) is 8.65. The molecule has 0 saturated heterocycles. The monoisotopic (exact) mass is 500 g/mol. The van der Waals surface area contributed by atoms with Crippen LogP contribution >= 0.6 is 22.6 Å². The second-order valence-corrected chi connectivity index (χ2v) is 24.6. The van der Waals surface area contributed by atoms with E-state index >= 15 is 0 Å². The van der Waals surface area contributed by atoms with Gasteiger partial charge < -0.3 is 0 Å². The molecule has 0 spiro atoms. The first-order chi connectivity index (χ1) is 9.31. The van der Waals surface area contributed by atoms with E-state index in [2.05, 4.69) is 70.2 Å². The molecular formula is C18H37ISn. The number of allylic oxidation sites excluding steroid dienone is 1. The molecule has 0 bridgehead atoms. The second kappa shape index (κ2) is 10.9. The normalized spacial score (nSPS) is 13.8. The predicted octanol–water partition coefficient (Wildman–Crippen LogP) is 7.74. The molecule has 20 heavy (non-hydrogen) atoms. The Morgan fingerprint density at radius 2 is 1.20 bits per heavy atom. The fourth-order valence-corrected chi connectivity index (χ4v) is 24.3. The summed E-state index contributed by atoms with van der Waals surface area (Å²) >= 11 is 0.665. The van der Waals surface area contributed by atoms with Gasteiger partial charge in [0.15, 0.2) is 0 Å². The van der Waals surface area contributed by atoms with E-state index in [1.807, 2.05) is 1.60 Å². The van der Waals surface area contributed by atoms with Crippen molar-refractivity contribution in [2.45, 2.75) is 93.4 Å². The van der Waals surface area contributed by atoms with Crippen LogP contribution in [0.2, 0.25) is 13.3 Å². The van der Waals surface area contributed by atoms with E-state index < -0.39 is 18.4 Å². The van der Waals surface area contributed by atoms with Crippen LogP contribution in [-0.4, -0.2) is 18.4 Å². The molecule has 0 heterocycles. The summed E-state index contributed by atoms with van der Waals surface area (Å²) in [5.41, 5.74) is 0.351. The van der Waals surface area contributed by atoms with Gasteiger partial charge in [0, 0.05) is 0 Å². The summed E-state index contributed by atoms with van der Waals surface area (Å²) in [5, 5.41) is 0. The average Bonchev–Trinajstić information content (AvgIpc) is 2.36. The van der Waals surface area contributed by atoms with Crippen LogP contribution in [0, 0.1) is 5.41 Å². The van der Waals surface area contributed by atoms with Crippen molar-refractivity contribution in [3.63, 3.8) is 0 Å². The van der Waals surface area contributed by atoms with Gasteiger partial charge in [0.2, 0.25) is 0 Å². The molecule has 120 valence electrons. The van der Waals surface area contributed by atoms with Crippen LogP contribution in [0.3, 0.4) is 0 Å². The minimum absolute atomic E-state index is 0.351. The van der Waals surface area contributed by atoms with Crippen LogP contribution in [0.4, 0.5) is 0 Å². The van der Waals surface area contributed by atoms with Crippen molar-refractivity contribution in [1.29, 1.82) is 0 Å². The summed E-state index contributed by atoms with van der Waals surface area (Å²) in [7, 11) is 0. The van der Waals surface area contributed by atoms with Crippen molar-refractivity contribution < 1.29 is 0 Å². The molecule has 0 unspecified atom stereocenters. The number of hydrogen-bond acceptors (Lipinski definition) is 0. The van der Waals surface area contributed by atoms with Gasteiger partial charge in [-0.1, -0.05) is 0 Å². The van der Waals surface area contributed by atoms with Crippen molar-refractivity contribution in [1.82, 2.24) is 0 Å². The average molecular weight is 499 g/mol. The van der Waals surface area contributed by atoms with Crippen molar-refractivity contribution >= 4 is 41.0 Å². The Balaban J connectivity index is 5.26. The Bertz CT molecular complexity index is 254. The number of halogens is 1. The van der Waals surface area contributed by atoms with Crippen LogP contribution in [0.15, 0.2) is 7.67 Å². The van der Waals surface area contributed by atoms with E-state index in [0.29, 0.717) is 5.41 Å². The first-order valence-corrected chi connectivity index (χ1v) is 17.3. The van der Waals surface area contributed by atoms with E-state index in [-0.39, 0.29) is 0 Å². The molecular weight excluding hydrogens is 462 g/mol. The standard InChI is InChI=1S/C6H10I.3C4H9.Sn/c1-6(2,3)4-5-7;3*1-3-4-2;/h4H,1-3H3;3*1,3-4H2,2H3;. The van der Waals surface area contributed by atoms with Crippen LogP contribution in [-0.2, 0) is 0 Å². The Kier molecular flexibility index (Phi) is 11.6. The van der Waals surface area contributed by atoms with Crippen molar-refractivity contribution in [3.8, 4) is 0 Å². The Hall–Kier alpha value is 1.27. The summed E-state index contributed by atoms with van der Waals surface area (Å²) in [6.07, 6.45) is 11.1. The molecule has 0 aliphatic rings. The van der Waals surface area contributed by atoms with Gasteiger partial charge in [-0.3, -0.25) is 0 Å². The van der Waals surface area contributed by atoms with Crippen LogP contribution in [0.5, 0.6) is 0 Å². The molecule has 0 aromatic heterocycles. The summed E-state index contributed by atoms with van der Waals surface area (Å²) < 4.78 is 6.63. The first-order valence-electron chi connectivity index (χ1n) is 8.70. The van der Waals surface area contributed by atoms with Gasteiger partial charge in [0.1, 0.15) is 0 Å². The SMILES string of the molecule is CCC[CH2][Sn]([CH2]CCC)([CH2]CCC)/[C](I)=C/C(C)(C)C. The van der Waals surface area contributed by atoms with E-state index in [1.165, 1.54) is 38.5 Å². The van der Waals surface area contributed by atoms with Gasteiger partial charge in [-0.05, 0) is 0 Å². The van der Waals surface area contributed by atoms with Gasteiger partial charge in [0.05, 0.1) is 0 Å². The molecule has 0 fully saturated rings. The second-order valence-electron chi connectivity index (χ2n) is 7.45. The zero-order valence-electron chi connectivity index (χ0n) is 14.8. The fourth-order valence-electron chi connectivity index (χ4n) is 2.81. The maximum absolute atomic E-state index is 2.76. The zero-order chi connectivity index (χ0) is 15.6. The zero-order valence-corrected chi connectivity index (χ0v) is 19.8. The molecule has 0 saturated carbocycles. The molecule has 0 aromatic carbocycles. The molecule has 2 heteroatoms. The van der Waals surface area contributed by atoms with Crippen molar-refractivity contribution in [2.75, 3.05) is 0 Å². The Morgan fingerprint density at radius 3 is 1.45 bits per heavy atom. The van der Waals surface area contributed by atoms with Gasteiger partial charge in [0.25, 0.3) is 0 Å². The third-order valence-electron chi connectivity index (χ3n) is 4.09. The minimum atomic E-state index is -2.09. The quantitative estimate of drug-likeness (QED) is 0.213. The van der Waals surface area contributed by atoms with Crippen LogP contribution in [0.25, 0.3) is 0 Å². The van der Waals surface area contributed by atoms with Gasteiger partial charge >= 0.3 is 147 Å². The van der Waals surface area contributed by atoms with E-state index in [9.17, 15) is 0 Å². The van der Waals surface area contributed by atoms with E-state index in [0.717, 1.165) is 0 Å². The molecule has 0 aromatic rings. The molecule has 0 aliphatic carbocycles. The van der Waals surface area contributed by atoms with Gasteiger partial charge in [-0.15, -0.1) is 0 Å². The van der Waals surface area contributed by atoms with Crippen LogP contribution in [0.1, 0.15) is 80.1 Å². The van der Waals surface area contributed by atoms with E-state index in [4.69, 9.17) is 0 Å². The Morgan fingerprint density at radius 1 is 0.850 bits per heavy atom. The molecule has 0 atom stereocenters. The van der Waals surface area contributed by atoms with Crippen LogP contribution < -0.4 is 0 Å². The number of rotatable bonds is 10. The fraction of sp³-hybridized carbons (Fsp3) is 0.889. The third-order valence-corrected chi connectivity index (χ3v) is 26.6. The maximum atomic E-state index is 2.76. The van der Waals surface area contributed by atoms with Gasteiger partial charge in [-0.25, -0.2) is 0 Å². The summed E-state index contributed by atoms with van der Waals surface area (Å²) in [6, 6.07) is 0. The molecule has 0 N–H and O–H groups in total. The number of hydrogen-bond donors (Lipinski definition) is 0. The molecule has 0 nitrogen and oxygen atoms in total. The first kappa shape index (κ1) is 21.3. The molecule has 0 rings (SSSR count). The summed E-state index contributed by atoms with van der Waals surface area (Å²) in [6.45, 7) is 14.2. The van der Waals surface area contributed by atoms with Gasteiger partial charge in [-0.2, -0.15) is 0 Å². The Labute approximate surface area is 146 Å². The molecule has 0 radical (unpaired) electrons. The predicted molar refractivity (Wildman–Crippen MR) is 106 cm³/mol. The number of unbranched alkanes of at least 4 members (excludes halogenated alkanes) is 3.